The van der Waals surface area contributed by atoms with E-state index in [9.17, 15) is 9.90 Å². The Hall–Kier alpha value is -1.06. The standard InChI is InChI=1S/C15H20ClNO2/c16-9-12-2-1-3-13(8-12)15(19)17-10-11-4-6-14(18)7-5-11/h1-3,8,11,14,18H,4-7,9-10H2,(H,17,19). The lowest BCUT2D eigenvalue weighted by atomic mass is 9.87. The third kappa shape index (κ3) is 4.22. The summed E-state index contributed by atoms with van der Waals surface area (Å²) in [4.78, 5) is 12.0. The normalized spacial score (nSPS) is 23.1. The van der Waals surface area contributed by atoms with Crippen LogP contribution in [0.3, 0.4) is 0 Å². The number of carbonyl (C=O) groups excluding carboxylic acids is 1. The molecule has 0 spiro atoms. The maximum atomic E-state index is 12.0. The molecule has 0 saturated heterocycles. The first-order chi connectivity index (χ1) is 9.19. The number of halogens is 1. The van der Waals surface area contributed by atoms with E-state index < -0.39 is 0 Å². The molecule has 104 valence electrons. The molecule has 0 unspecified atom stereocenters. The van der Waals surface area contributed by atoms with Gasteiger partial charge in [0, 0.05) is 18.0 Å². The fourth-order valence-electron chi connectivity index (χ4n) is 2.48. The highest BCUT2D eigenvalue weighted by Crippen LogP contribution is 2.23. The van der Waals surface area contributed by atoms with Gasteiger partial charge in [0.1, 0.15) is 0 Å². The second-order valence-corrected chi connectivity index (χ2v) is 5.49. The van der Waals surface area contributed by atoms with E-state index in [4.69, 9.17) is 11.6 Å². The molecular formula is C15H20ClNO2. The van der Waals surface area contributed by atoms with E-state index in [-0.39, 0.29) is 12.0 Å². The first kappa shape index (κ1) is 14.4. The van der Waals surface area contributed by atoms with Crippen LogP contribution in [0.1, 0.15) is 41.6 Å². The number of amides is 1. The lowest BCUT2D eigenvalue weighted by Crippen LogP contribution is -2.32. The largest absolute Gasteiger partial charge is 0.393 e. The fraction of sp³-hybridized carbons (Fsp3) is 0.533. The van der Waals surface area contributed by atoms with Crippen LogP contribution in [-0.4, -0.2) is 23.7 Å². The van der Waals surface area contributed by atoms with Gasteiger partial charge in [-0.3, -0.25) is 4.79 Å². The maximum absolute atomic E-state index is 12.0. The molecule has 0 radical (unpaired) electrons. The predicted octanol–water partition coefficient (Wildman–Crippen LogP) is 2.71. The number of aliphatic hydroxyl groups is 1. The van der Waals surface area contributed by atoms with Crippen LogP contribution in [0.2, 0.25) is 0 Å². The van der Waals surface area contributed by atoms with Crippen LogP contribution >= 0.6 is 11.6 Å². The van der Waals surface area contributed by atoms with E-state index in [1.807, 2.05) is 18.2 Å². The van der Waals surface area contributed by atoms with Crippen molar-refractivity contribution in [3.63, 3.8) is 0 Å². The molecule has 0 bridgehead atoms. The van der Waals surface area contributed by atoms with Crippen LogP contribution in [0.15, 0.2) is 24.3 Å². The third-order valence-electron chi connectivity index (χ3n) is 3.71. The van der Waals surface area contributed by atoms with E-state index in [2.05, 4.69) is 5.32 Å². The Balaban J connectivity index is 1.83. The first-order valence-corrected chi connectivity index (χ1v) is 7.33. The molecule has 1 aromatic rings. The molecule has 1 aliphatic rings. The molecule has 1 amide bonds. The van der Waals surface area contributed by atoms with Gasteiger partial charge in [-0.15, -0.1) is 11.6 Å². The Morgan fingerprint density at radius 1 is 1.32 bits per heavy atom. The molecule has 19 heavy (non-hydrogen) atoms. The molecule has 0 atom stereocenters. The van der Waals surface area contributed by atoms with Gasteiger partial charge in [-0.05, 0) is 49.3 Å². The molecule has 2 rings (SSSR count). The number of rotatable bonds is 4. The molecular weight excluding hydrogens is 262 g/mol. The van der Waals surface area contributed by atoms with E-state index >= 15 is 0 Å². The number of hydrogen-bond acceptors (Lipinski definition) is 2. The molecule has 1 aliphatic carbocycles. The maximum Gasteiger partial charge on any atom is 0.251 e. The van der Waals surface area contributed by atoms with Gasteiger partial charge in [0.25, 0.3) is 5.91 Å². The Morgan fingerprint density at radius 3 is 2.74 bits per heavy atom. The average molecular weight is 282 g/mol. The zero-order valence-electron chi connectivity index (χ0n) is 10.9. The molecule has 0 aliphatic heterocycles. The third-order valence-corrected chi connectivity index (χ3v) is 4.02. The average Bonchev–Trinajstić information content (AvgIpc) is 2.46. The van der Waals surface area contributed by atoms with Crippen molar-refractivity contribution < 1.29 is 9.90 Å². The van der Waals surface area contributed by atoms with Crippen LogP contribution < -0.4 is 5.32 Å². The monoisotopic (exact) mass is 281 g/mol. The Labute approximate surface area is 119 Å². The van der Waals surface area contributed by atoms with Crippen LogP contribution in [0, 0.1) is 5.92 Å². The smallest absolute Gasteiger partial charge is 0.251 e. The number of benzene rings is 1. The minimum atomic E-state index is -0.146. The summed E-state index contributed by atoms with van der Waals surface area (Å²) in [6.45, 7) is 0.691. The van der Waals surface area contributed by atoms with Gasteiger partial charge in [-0.25, -0.2) is 0 Å². The van der Waals surface area contributed by atoms with Crippen LogP contribution in [0.4, 0.5) is 0 Å². The molecule has 1 aromatic carbocycles. The molecule has 0 aromatic heterocycles. The minimum Gasteiger partial charge on any atom is -0.393 e. The van der Waals surface area contributed by atoms with Gasteiger partial charge < -0.3 is 10.4 Å². The number of carbonyl (C=O) groups is 1. The number of hydrogen-bond donors (Lipinski definition) is 2. The van der Waals surface area contributed by atoms with Crippen molar-refractivity contribution in [3.8, 4) is 0 Å². The summed E-state index contributed by atoms with van der Waals surface area (Å²) in [6, 6.07) is 7.39. The predicted molar refractivity (Wildman–Crippen MR) is 76.3 cm³/mol. The van der Waals surface area contributed by atoms with Crippen molar-refractivity contribution in [1.82, 2.24) is 5.32 Å². The van der Waals surface area contributed by atoms with E-state index in [1.165, 1.54) is 0 Å². The second-order valence-electron chi connectivity index (χ2n) is 5.22. The summed E-state index contributed by atoms with van der Waals surface area (Å²) >= 11 is 5.76. The van der Waals surface area contributed by atoms with Crippen LogP contribution in [0.25, 0.3) is 0 Å². The van der Waals surface area contributed by atoms with Gasteiger partial charge in [0.05, 0.1) is 6.10 Å². The molecule has 3 nitrogen and oxygen atoms in total. The zero-order chi connectivity index (χ0) is 13.7. The lowest BCUT2D eigenvalue weighted by molar-refractivity contribution is 0.0910. The second kappa shape index (κ2) is 6.92. The molecule has 2 N–H and O–H groups in total. The zero-order valence-corrected chi connectivity index (χ0v) is 11.7. The van der Waals surface area contributed by atoms with E-state index in [0.717, 1.165) is 31.2 Å². The molecule has 1 saturated carbocycles. The Kier molecular flexibility index (Phi) is 5.23. The Bertz CT molecular complexity index is 428. The molecule has 0 heterocycles. The highest BCUT2D eigenvalue weighted by molar-refractivity contribution is 6.17. The van der Waals surface area contributed by atoms with Gasteiger partial charge in [-0.2, -0.15) is 0 Å². The number of nitrogens with one attached hydrogen (secondary N) is 1. The minimum absolute atomic E-state index is 0.0434. The fourth-order valence-corrected chi connectivity index (χ4v) is 2.65. The summed E-state index contributed by atoms with van der Waals surface area (Å²) in [5.41, 5.74) is 1.61. The van der Waals surface area contributed by atoms with E-state index in [0.29, 0.717) is 23.9 Å². The van der Waals surface area contributed by atoms with Gasteiger partial charge >= 0.3 is 0 Å². The van der Waals surface area contributed by atoms with Crippen molar-refractivity contribution in [2.75, 3.05) is 6.54 Å². The van der Waals surface area contributed by atoms with Gasteiger partial charge in [0.2, 0.25) is 0 Å². The highest BCUT2D eigenvalue weighted by atomic mass is 35.5. The molecule has 4 heteroatoms. The van der Waals surface area contributed by atoms with Crippen molar-refractivity contribution in [1.29, 1.82) is 0 Å². The number of aliphatic hydroxyl groups excluding tert-OH is 1. The van der Waals surface area contributed by atoms with Crippen molar-refractivity contribution in [2.45, 2.75) is 37.7 Å². The SMILES string of the molecule is O=C(NCC1CCC(O)CC1)c1cccc(CCl)c1. The summed E-state index contributed by atoms with van der Waals surface area (Å²) in [6.07, 6.45) is 3.53. The molecule has 1 fully saturated rings. The van der Waals surface area contributed by atoms with Crippen LogP contribution in [-0.2, 0) is 5.88 Å². The number of alkyl halides is 1. The quantitative estimate of drug-likeness (QED) is 0.834. The lowest BCUT2D eigenvalue weighted by Gasteiger charge is -2.25. The topological polar surface area (TPSA) is 49.3 Å². The van der Waals surface area contributed by atoms with Crippen molar-refractivity contribution in [3.05, 3.63) is 35.4 Å². The van der Waals surface area contributed by atoms with Crippen LogP contribution in [0.5, 0.6) is 0 Å². The van der Waals surface area contributed by atoms with Crippen molar-refractivity contribution >= 4 is 17.5 Å². The first-order valence-electron chi connectivity index (χ1n) is 6.80. The Morgan fingerprint density at radius 2 is 2.05 bits per heavy atom. The summed E-state index contributed by atoms with van der Waals surface area (Å²) < 4.78 is 0. The van der Waals surface area contributed by atoms with Crippen molar-refractivity contribution in [2.24, 2.45) is 5.92 Å². The summed E-state index contributed by atoms with van der Waals surface area (Å²) in [5.74, 6) is 0.864. The van der Waals surface area contributed by atoms with Gasteiger partial charge in [-0.1, -0.05) is 12.1 Å². The van der Waals surface area contributed by atoms with Gasteiger partial charge in [0.15, 0.2) is 0 Å². The summed E-state index contributed by atoms with van der Waals surface area (Å²) in [5, 5.41) is 12.4. The van der Waals surface area contributed by atoms with E-state index in [1.54, 1.807) is 6.07 Å². The highest BCUT2D eigenvalue weighted by Gasteiger charge is 2.19. The summed E-state index contributed by atoms with van der Waals surface area (Å²) in [7, 11) is 0.